The van der Waals surface area contributed by atoms with E-state index in [1.54, 1.807) is 12.1 Å². The predicted molar refractivity (Wildman–Crippen MR) is 129 cm³/mol. The number of hydrogen-bond donors (Lipinski definition) is 1. The Labute approximate surface area is 194 Å². The molecule has 4 rings (SSSR count). The fraction of sp³-hybridized carbons (Fsp3) is 0.240. The monoisotopic (exact) mass is 465 g/mol. The zero-order valence-electron chi connectivity index (χ0n) is 18.5. The van der Waals surface area contributed by atoms with E-state index >= 15 is 0 Å². The Balaban J connectivity index is 1.29. The largest absolute Gasteiger partial charge is 0.457 e. The van der Waals surface area contributed by atoms with Crippen LogP contribution >= 0.6 is 0 Å². The smallest absolute Gasteiger partial charge is 0.255 e. The van der Waals surface area contributed by atoms with Crippen LogP contribution in [0.25, 0.3) is 0 Å². The van der Waals surface area contributed by atoms with Gasteiger partial charge in [0.05, 0.1) is 6.26 Å². The molecule has 0 unspecified atom stereocenters. The van der Waals surface area contributed by atoms with Crippen LogP contribution in [0.1, 0.15) is 15.9 Å². The van der Waals surface area contributed by atoms with E-state index in [9.17, 15) is 13.2 Å². The highest BCUT2D eigenvalue weighted by Crippen LogP contribution is 2.23. The number of ether oxygens (including phenoxy) is 1. The normalized spacial score (nSPS) is 15.2. The Morgan fingerprint density at radius 3 is 2.06 bits per heavy atom. The maximum atomic E-state index is 12.6. The lowest BCUT2D eigenvalue weighted by Gasteiger charge is -2.33. The van der Waals surface area contributed by atoms with Gasteiger partial charge in [-0.2, -0.15) is 4.31 Å². The average Bonchev–Trinajstić information content (AvgIpc) is 2.81. The molecule has 7 nitrogen and oxygen atoms in total. The molecule has 1 aliphatic rings. The molecule has 3 aromatic carbocycles. The number of para-hydroxylation sites is 1. The number of sulfonamides is 1. The molecule has 0 radical (unpaired) electrons. The number of benzene rings is 3. The van der Waals surface area contributed by atoms with Crippen LogP contribution in [0.15, 0.2) is 78.9 Å². The molecule has 1 amide bonds. The predicted octanol–water partition coefficient (Wildman–Crippen LogP) is 3.81. The van der Waals surface area contributed by atoms with Crippen molar-refractivity contribution in [3.63, 3.8) is 0 Å². The summed E-state index contributed by atoms with van der Waals surface area (Å²) < 4.78 is 30.6. The maximum Gasteiger partial charge on any atom is 0.255 e. The number of nitrogens with zero attached hydrogens (tertiary/aromatic N) is 2. The van der Waals surface area contributed by atoms with Gasteiger partial charge in [0.25, 0.3) is 5.91 Å². The molecule has 1 aliphatic heterocycles. The van der Waals surface area contributed by atoms with E-state index in [0.717, 1.165) is 17.9 Å². The first-order valence-corrected chi connectivity index (χ1v) is 12.6. The topological polar surface area (TPSA) is 79.0 Å². The minimum absolute atomic E-state index is 0.181. The summed E-state index contributed by atoms with van der Waals surface area (Å²) in [6.45, 7) is 3.13. The molecule has 1 heterocycles. The first kappa shape index (κ1) is 23.0. The Hall–Kier alpha value is -3.20. The lowest BCUT2D eigenvalue weighted by atomic mass is 10.1. The zero-order chi connectivity index (χ0) is 23.3. The minimum atomic E-state index is -3.12. The van der Waals surface area contributed by atoms with Crippen LogP contribution in [-0.4, -0.2) is 56.0 Å². The standard InChI is InChI=1S/C25H27N3O4S/c1-33(30,31)28-17-15-27(16-18-28)19-20-7-9-21(10-8-20)25(29)26-22-11-13-24(14-12-22)32-23-5-3-2-4-6-23/h2-14H,15-19H2,1H3,(H,26,29). The molecule has 1 saturated heterocycles. The molecule has 0 bridgehead atoms. The summed E-state index contributed by atoms with van der Waals surface area (Å²) >= 11 is 0. The molecule has 0 spiro atoms. The van der Waals surface area contributed by atoms with Gasteiger partial charge in [0.2, 0.25) is 10.0 Å². The van der Waals surface area contributed by atoms with Gasteiger partial charge in [-0.05, 0) is 54.1 Å². The van der Waals surface area contributed by atoms with Gasteiger partial charge in [-0.3, -0.25) is 9.69 Å². The Morgan fingerprint density at radius 1 is 0.848 bits per heavy atom. The quantitative estimate of drug-likeness (QED) is 0.574. The second kappa shape index (κ2) is 10.2. The van der Waals surface area contributed by atoms with Gasteiger partial charge < -0.3 is 10.1 Å². The first-order valence-electron chi connectivity index (χ1n) is 10.8. The Kier molecular flexibility index (Phi) is 7.08. The number of piperazine rings is 1. The van der Waals surface area contributed by atoms with E-state index in [0.29, 0.717) is 43.2 Å². The number of nitrogens with one attached hydrogen (secondary N) is 1. The third-order valence-electron chi connectivity index (χ3n) is 5.51. The third-order valence-corrected chi connectivity index (χ3v) is 6.82. The number of amides is 1. The van der Waals surface area contributed by atoms with Crippen LogP contribution in [0, 0.1) is 0 Å². The summed E-state index contributed by atoms with van der Waals surface area (Å²) in [5.74, 6) is 1.27. The van der Waals surface area contributed by atoms with Crippen molar-refractivity contribution < 1.29 is 17.9 Å². The molecule has 3 aromatic rings. The van der Waals surface area contributed by atoms with Crippen molar-refractivity contribution >= 4 is 21.6 Å². The second-order valence-corrected chi connectivity index (χ2v) is 10.0. The first-order chi connectivity index (χ1) is 15.9. The molecule has 1 fully saturated rings. The number of carbonyl (C=O) groups excluding carboxylic acids is 1. The summed E-state index contributed by atoms with van der Waals surface area (Å²) in [5.41, 5.74) is 2.35. The van der Waals surface area contributed by atoms with Crippen molar-refractivity contribution in [2.24, 2.45) is 0 Å². The Bertz CT molecular complexity index is 1170. The minimum Gasteiger partial charge on any atom is -0.457 e. The van der Waals surface area contributed by atoms with Crippen LogP contribution in [0.4, 0.5) is 5.69 Å². The van der Waals surface area contributed by atoms with Crippen molar-refractivity contribution in [2.75, 3.05) is 37.8 Å². The zero-order valence-corrected chi connectivity index (χ0v) is 19.3. The number of carbonyl (C=O) groups is 1. The summed E-state index contributed by atoms with van der Waals surface area (Å²) in [6.07, 6.45) is 1.25. The van der Waals surface area contributed by atoms with Crippen molar-refractivity contribution in [1.82, 2.24) is 9.21 Å². The SMILES string of the molecule is CS(=O)(=O)N1CCN(Cc2ccc(C(=O)Nc3ccc(Oc4ccccc4)cc3)cc2)CC1. The average molecular weight is 466 g/mol. The summed E-state index contributed by atoms with van der Waals surface area (Å²) in [5, 5.41) is 2.90. The summed E-state index contributed by atoms with van der Waals surface area (Å²) in [6, 6.07) is 24.3. The van der Waals surface area contributed by atoms with Gasteiger partial charge in [0.1, 0.15) is 11.5 Å². The van der Waals surface area contributed by atoms with Crippen LogP contribution in [0.3, 0.4) is 0 Å². The van der Waals surface area contributed by atoms with Gasteiger partial charge in [-0.15, -0.1) is 0 Å². The molecule has 0 saturated carbocycles. The summed E-state index contributed by atoms with van der Waals surface area (Å²) in [4.78, 5) is 14.8. The molecular formula is C25H27N3O4S. The van der Waals surface area contributed by atoms with Gasteiger partial charge in [0.15, 0.2) is 0 Å². The Morgan fingerprint density at radius 2 is 1.45 bits per heavy atom. The fourth-order valence-corrected chi connectivity index (χ4v) is 4.50. The molecule has 0 aromatic heterocycles. The van der Waals surface area contributed by atoms with E-state index in [4.69, 9.17) is 4.74 Å². The van der Waals surface area contributed by atoms with Crippen molar-refractivity contribution in [3.05, 3.63) is 90.0 Å². The lowest BCUT2D eigenvalue weighted by molar-refractivity contribution is 0.102. The highest BCUT2D eigenvalue weighted by molar-refractivity contribution is 7.88. The van der Waals surface area contributed by atoms with Gasteiger partial charge in [-0.1, -0.05) is 30.3 Å². The molecule has 8 heteroatoms. The second-order valence-electron chi connectivity index (χ2n) is 8.03. The van der Waals surface area contributed by atoms with Crippen LogP contribution in [0.2, 0.25) is 0 Å². The number of hydrogen-bond acceptors (Lipinski definition) is 5. The van der Waals surface area contributed by atoms with E-state index in [1.165, 1.54) is 10.6 Å². The molecule has 0 aliphatic carbocycles. The van der Waals surface area contributed by atoms with Crippen molar-refractivity contribution in [2.45, 2.75) is 6.54 Å². The van der Waals surface area contributed by atoms with E-state index in [-0.39, 0.29) is 5.91 Å². The highest BCUT2D eigenvalue weighted by atomic mass is 32.2. The van der Waals surface area contributed by atoms with Crippen LogP contribution in [0.5, 0.6) is 11.5 Å². The highest BCUT2D eigenvalue weighted by Gasteiger charge is 2.23. The van der Waals surface area contributed by atoms with Crippen LogP contribution in [-0.2, 0) is 16.6 Å². The van der Waals surface area contributed by atoms with Crippen molar-refractivity contribution in [3.8, 4) is 11.5 Å². The molecule has 33 heavy (non-hydrogen) atoms. The third kappa shape index (κ3) is 6.41. The van der Waals surface area contributed by atoms with E-state index < -0.39 is 10.0 Å². The lowest BCUT2D eigenvalue weighted by Crippen LogP contribution is -2.47. The van der Waals surface area contributed by atoms with E-state index in [2.05, 4.69) is 10.2 Å². The maximum absolute atomic E-state index is 12.6. The number of anilines is 1. The fourth-order valence-electron chi connectivity index (χ4n) is 3.67. The van der Waals surface area contributed by atoms with Crippen molar-refractivity contribution in [1.29, 1.82) is 0 Å². The van der Waals surface area contributed by atoms with Gasteiger partial charge in [0, 0.05) is 44.0 Å². The van der Waals surface area contributed by atoms with Gasteiger partial charge >= 0.3 is 0 Å². The van der Waals surface area contributed by atoms with E-state index in [1.807, 2.05) is 66.7 Å². The number of rotatable bonds is 7. The molecule has 1 N–H and O–H groups in total. The van der Waals surface area contributed by atoms with Crippen LogP contribution < -0.4 is 10.1 Å². The summed E-state index contributed by atoms with van der Waals surface area (Å²) in [7, 11) is -3.12. The molecular weight excluding hydrogens is 438 g/mol. The van der Waals surface area contributed by atoms with Gasteiger partial charge in [-0.25, -0.2) is 8.42 Å². The molecule has 172 valence electrons. The molecule has 0 atom stereocenters.